The van der Waals surface area contributed by atoms with Crippen LogP contribution in [0, 0.1) is 11.6 Å². The summed E-state index contributed by atoms with van der Waals surface area (Å²) in [7, 11) is 0. The maximum absolute atomic E-state index is 13.7. The molecule has 0 saturated heterocycles. The Kier molecular flexibility index (Phi) is 3.44. The minimum absolute atomic E-state index is 0.111. The van der Waals surface area contributed by atoms with Crippen LogP contribution in [-0.4, -0.2) is 4.98 Å². The molecular weight excluding hydrogens is 326 g/mol. The lowest BCUT2D eigenvalue weighted by molar-refractivity contribution is 0.586. The normalized spacial score (nSPS) is 10.9. The van der Waals surface area contributed by atoms with Gasteiger partial charge in [-0.1, -0.05) is 28.1 Å². The summed E-state index contributed by atoms with van der Waals surface area (Å²) in [6.45, 7) is 0.352. The van der Waals surface area contributed by atoms with Gasteiger partial charge in [-0.15, -0.1) is 0 Å². The van der Waals surface area contributed by atoms with Gasteiger partial charge in [0.1, 0.15) is 17.3 Å². The molecule has 1 heterocycles. The van der Waals surface area contributed by atoms with Gasteiger partial charge in [-0.25, -0.2) is 8.78 Å². The molecule has 0 bridgehead atoms. The van der Waals surface area contributed by atoms with E-state index in [1.165, 1.54) is 12.1 Å². The van der Waals surface area contributed by atoms with Crippen LogP contribution in [0.1, 0.15) is 5.56 Å². The lowest BCUT2D eigenvalue weighted by atomic mass is 10.1. The largest absolute Gasteiger partial charge is 0.376 e. The summed E-state index contributed by atoms with van der Waals surface area (Å²) in [5.41, 5.74) is 1.84. The third-order valence-electron chi connectivity index (χ3n) is 3.10. The van der Waals surface area contributed by atoms with Crippen LogP contribution in [0.4, 0.5) is 14.5 Å². The Morgan fingerprint density at radius 3 is 2.55 bits per heavy atom. The van der Waals surface area contributed by atoms with Gasteiger partial charge >= 0.3 is 0 Å². The van der Waals surface area contributed by atoms with Crippen molar-refractivity contribution >= 4 is 32.5 Å². The minimum Gasteiger partial charge on any atom is -0.376 e. The lowest BCUT2D eigenvalue weighted by Gasteiger charge is -2.09. The summed E-state index contributed by atoms with van der Waals surface area (Å²) in [6, 6.07) is 10.3. The number of anilines is 1. The summed E-state index contributed by atoms with van der Waals surface area (Å²) in [4.78, 5) is 3.11. The first kappa shape index (κ1) is 13.1. The van der Waals surface area contributed by atoms with Crippen LogP contribution in [0.15, 0.2) is 47.1 Å². The van der Waals surface area contributed by atoms with Gasteiger partial charge in [0.05, 0.1) is 0 Å². The average Bonchev–Trinajstić information content (AvgIpc) is 2.84. The van der Waals surface area contributed by atoms with Gasteiger partial charge in [-0.3, -0.25) is 0 Å². The molecule has 102 valence electrons. The van der Waals surface area contributed by atoms with Crippen molar-refractivity contribution in [1.29, 1.82) is 0 Å². The second kappa shape index (κ2) is 5.25. The van der Waals surface area contributed by atoms with Crippen LogP contribution in [0.2, 0.25) is 0 Å². The summed E-state index contributed by atoms with van der Waals surface area (Å²) >= 11 is 3.05. The molecule has 5 heteroatoms. The average molecular weight is 337 g/mol. The Hall–Kier alpha value is -1.88. The van der Waals surface area contributed by atoms with E-state index in [4.69, 9.17) is 0 Å². The van der Waals surface area contributed by atoms with Gasteiger partial charge in [0.25, 0.3) is 0 Å². The van der Waals surface area contributed by atoms with E-state index in [1.54, 1.807) is 0 Å². The fourth-order valence-corrected chi connectivity index (χ4v) is 2.51. The Morgan fingerprint density at radius 2 is 1.80 bits per heavy atom. The second-order valence-corrected chi connectivity index (χ2v) is 5.41. The minimum atomic E-state index is -0.613. The first-order valence-electron chi connectivity index (χ1n) is 6.08. The summed E-state index contributed by atoms with van der Waals surface area (Å²) < 4.78 is 27.7. The molecule has 0 fully saturated rings. The van der Waals surface area contributed by atoms with Crippen molar-refractivity contribution in [3.05, 3.63) is 64.3 Å². The van der Waals surface area contributed by atoms with Crippen LogP contribution >= 0.6 is 15.9 Å². The standard InChI is InChI=1S/C15H11BrF2N2/c16-11-6-12(17)15(13(18)7-11)20-8-9-1-2-10-3-4-19-14(10)5-9/h1-7,19-20H,8H2. The van der Waals surface area contributed by atoms with Crippen LogP contribution < -0.4 is 5.32 Å². The number of fused-ring (bicyclic) bond motifs is 1. The Labute approximate surface area is 122 Å². The van der Waals surface area contributed by atoms with Crippen LogP contribution in [0.5, 0.6) is 0 Å². The summed E-state index contributed by atoms with van der Waals surface area (Å²) in [6.07, 6.45) is 1.86. The van der Waals surface area contributed by atoms with Gasteiger partial charge in [0, 0.05) is 22.7 Å². The van der Waals surface area contributed by atoms with E-state index in [-0.39, 0.29) is 5.69 Å². The predicted octanol–water partition coefficient (Wildman–Crippen LogP) is 4.82. The molecule has 0 saturated carbocycles. The molecule has 2 aromatic carbocycles. The number of aromatic amines is 1. The number of rotatable bonds is 3. The lowest BCUT2D eigenvalue weighted by Crippen LogP contribution is -2.04. The maximum Gasteiger partial charge on any atom is 0.150 e. The number of H-pyrrole nitrogens is 1. The zero-order chi connectivity index (χ0) is 14.1. The highest BCUT2D eigenvalue weighted by Crippen LogP contribution is 2.24. The predicted molar refractivity (Wildman–Crippen MR) is 79.7 cm³/mol. The molecule has 3 rings (SSSR count). The molecule has 0 aliphatic rings. The second-order valence-electron chi connectivity index (χ2n) is 4.50. The molecule has 0 aliphatic carbocycles. The number of hydrogen-bond donors (Lipinski definition) is 2. The molecule has 0 spiro atoms. The molecule has 0 radical (unpaired) electrons. The van der Waals surface area contributed by atoms with Crippen molar-refractivity contribution < 1.29 is 8.78 Å². The zero-order valence-electron chi connectivity index (χ0n) is 10.4. The number of hydrogen-bond acceptors (Lipinski definition) is 1. The SMILES string of the molecule is Fc1cc(Br)cc(F)c1NCc1ccc2cc[nH]c2c1. The van der Waals surface area contributed by atoms with E-state index in [1.807, 2.05) is 30.5 Å². The monoisotopic (exact) mass is 336 g/mol. The number of aromatic nitrogens is 1. The molecule has 2 N–H and O–H groups in total. The summed E-state index contributed by atoms with van der Waals surface area (Å²) in [5.74, 6) is -1.23. The molecule has 1 aromatic heterocycles. The van der Waals surface area contributed by atoms with Crippen LogP contribution in [0.3, 0.4) is 0 Å². The molecule has 3 aromatic rings. The summed E-state index contributed by atoms with van der Waals surface area (Å²) in [5, 5.41) is 3.90. The Bertz CT molecular complexity index is 744. The maximum atomic E-state index is 13.7. The molecular formula is C15H11BrF2N2. The Balaban J connectivity index is 1.82. The highest BCUT2D eigenvalue weighted by molar-refractivity contribution is 9.10. The first-order chi connectivity index (χ1) is 9.63. The Morgan fingerprint density at radius 1 is 1.05 bits per heavy atom. The van der Waals surface area contributed by atoms with Crippen molar-refractivity contribution in [1.82, 2.24) is 4.98 Å². The van der Waals surface area contributed by atoms with Crippen molar-refractivity contribution in [2.75, 3.05) is 5.32 Å². The van der Waals surface area contributed by atoms with Gasteiger partial charge in [-0.05, 0) is 35.2 Å². The molecule has 0 atom stereocenters. The van der Waals surface area contributed by atoms with Crippen molar-refractivity contribution in [3.63, 3.8) is 0 Å². The van der Waals surface area contributed by atoms with Gasteiger partial charge < -0.3 is 10.3 Å². The smallest absolute Gasteiger partial charge is 0.150 e. The van der Waals surface area contributed by atoms with E-state index < -0.39 is 11.6 Å². The first-order valence-corrected chi connectivity index (χ1v) is 6.87. The van der Waals surface area contributed by atoms with Crippen molar-refractivity contribution in [2.24, 2.45) is 0 Å². The van der Waals surface area contributed by atoms with Gasteiger partial charge in [0.15, 0.2) is 0 Å². The molecule has 0 aliphatic heterocycles. The topological polar surface area (TPSA) is 27.8 Å². The zero-order valence-corrected chi connectivity index (χ0v) is 12.0. The highest BCUT2D eigenvalue weighted by Gasteiger charge is 2.10. The fourth-order valence-electron chi connectivity index (χ4n) is 2.11. The highest BCUT2D eigenvalue weighted by atomic mass is 79.9. The molecule has 20 heavy (non-hydrogen) atoms. The van der Waals surface area contributed by atoms with Crippen LogP contribution in [0.25, 0.3) is 10.9 Å². The molecule has 0 unspecified atom stereocenters. The fraction of sp³-hybridized carbons (Fsp3) is 0.0667. The van der Waals surface area contributed by atoms with Gasteiger partial charge in [0.2, 0.25) is 0 Å². The third-order valence-corrected chi connectivity index (χ3v) is 3.55. The van der Waals surface area contributed by atoms with Crippen molar-refractivity contribution in [2.45, 2.75) is 6.54 Å². The number of benzene rings is 2. The van der Waals surface area contributed by atoms with E-state index >= 15 is 0 Å². The van der Waals surface area contributed by atoms with E-state index in [9.17, 15) is 8.78 Å². The third kappa shape index (κ3) is 2.54. The quantitative estimate of drug-likeness (QED) is 0.705. The molecule has 2 nitrogen and oxygen atoms in total. The van der Waals surface area contributed by atoms with E-state index in [0.29, 0.717) is 11.0 Å². The van der Waals surface area contributed by atoms with E-state index in [0.717, 1.165) is 16.5 Å². The molecule has 0 amide bonds. The van der Waals surface area contributed by atoms with Crippen molar-refractivity contribution in [3.8, 4) is 0 Å². The number of halogens is 3. The van der Waals surface area contributed by atoms with Gasteiger partial charge in [-0.2, -0.15) is 0 Å². The van der Waals surface area contributed by atoms with E-state index in [2.05, 4.69) is 26.2 Å². The number of nitrogens with one attached hydrogen (secondary N) is 2. The van der Waals surface area contributed by atoms with Crippen LogP contribution in [-0.2, 0) is 6.54 Å².